The van der Waals surface area contributed by atoms with Crippen molar-refractivity contribution in [1.29, 1.82) is 0 Å². The van der Waals surface area contributed by atoms with Gasteiger partial charge in [0.25, 0.3) is 0 Å². The van der Waals surface area contributed by atoms with E-state index in [1.165, 1.54) is 0 Å². The molecule has 0 aromatic heterocycles. The van der Waals surface area contributed by atoms with Crippen LogP contribution in [-0.2, 0) is 16.1 Å². The molecule has 0 fully saturated rings. The number of hydrogen-bond acceptors (Lipinski definition) is 5. The Balaban J connectivity index is 1.60. The molecule has 162 valence electrons. The maximum absolute atomic E-state index is 12.4. The number of ether oxygens (including phenoxy) is 3. The molecule has 0 bridgehead atoms. The van der Waals surface area contributed by atoms with Crippen LogP contribution in [0.2, 0.25) is 5.02 Å². The molecule has 0 atom stereocenters. The molecule has 3 aromatic rings. The summed E-state index contributed by atoms with van der Waals surface area (Å²) in [6.07, 6.45) is 1.68. The molecular weight excluding hydrogens is 541 g/mol. The van der Waals surface area contributed by atoms with Crippen molar-refractivity contribution in [2.75, 3.05) is 7.11 Å². The van der Waals surface area contributed by atoms with Gasteiger partial charge in [-0.2, -0.15) is 0 Å². The summed E-state index contributed by atoms with van der Waals surface area (Å²) in [5.41, 5.74) is 3.71. The van der Waals surface area contributed by atoms with Gasteiger partial charge in [-0.05, 0) is 82.6 Å². The zero-order valence-corrected chi connectivity index (χ0v) is 20.3. The van der Waals surface area contributed by atoms with Gasteiger partial charge in [0.2, 0.25) is 5.90 Å². The monoisotopic (exact) mass is 559 g/mol. The highest BCUT2D eigenvalue weighted by atomic mass is 127. The Morgan fingerprint density at radius 1 is 1.12 bits per heavy atom. The van der Waals surface area contributed by atoms with Gasteiger partial charge < -0.3 is 14.2 Å². The third-order valence-corrected chi connectivity index (χ3v) is 5.86. The van der Waals surface area contributed by atoms with Crippen LogP contribution in [0.1, 0.15) is 22.3 Å². The van der Waals surface area contributed by atoms with Crippen molar-refractivity contribution in [2.24, 2.45) is 4.99 Å². The van der Waals surface area contributed by atoms with Gasteiger partial charge in [0.1, 0.15) is 6.61 Å². The first-order valence-corrected chi connectivity index (χ1v) is 11.2. The first-order valence-electron chi connectivity index (χ1n) is 9.78. The molecule has 4 rings (SSSR count). The second-order valence-corrected chi connectivity index (χ2v) is 8.70. The summed E-state index contributed by atoms with van der Waals surface area (Å²) in [4.78, 5) is 16.8. The van der Waals surface area contributed by atoms with Crippen LogP contribution in [-0.4, -0.2) is 19.0 Å². The molecular formula is C25H19ClINO4. The zero-order chi connectivity index (χ0) is 22.7. The number of aryl methyl sites for hydroxylation is 1. The van der Waals surface area contributed by atoms with E-state index in [4.69, 9.17) is 25.8 Å². The molecule has 0 saturated heterocycles. The number of methoxy groups -OCH3 is 1. The Hall–Kier alpha value is -2.84. The fourth-order valence-corrected chi connectivity index (χ4v) is 4.23. The summed E-state index contributed by atoms with van der Waals surface area (Å²) < 4.78 is 17.8. The normalized spacial score (nSPS) is 14.3. The van der Waals surface area contributed by atoms with Crippen LogP contribution < -0.4 is 9.47 Å². The molecule has 1 heterocycles. The van der Waals surface area contributed by atoms with Crippen molar-refractivity contribution < 1.29 is 19.0 Å². The Morgan fingerprint density at radius 3 is 2.69 bits per heavy atom. The van der Waals surface area contributed by atoms with Crippen LogP contribution in [0.25, 0.3) is 6.08 Å². The summed E-state index contributed by atoms with van der Waals surface area (Å²) >= 11 is 8.23. The molecule has 0 saturated carbocycles. The topological polar surface area (TPSA) is 57.1 Å². The van der Waals surface area contributed by atoms with Crippen molar-refractivity contribution in [1.82, 2.24) is 0 Å². The molecule has 0 spiro atoms. The number of esters is 1. The van der Waals surface area contributed by atoms with E-state index in [-0.39, 0.29) is 5.70 Å². The lowest BCUT2D eigenvalue weighted by molar-refractivity contribution is -0.129. The van der Waals surface area contributed by atoms with Crippen LogP contribution in [0.5, 0.6) is 11.5 Å². The quantitative estimate of drug-likeness (QED) is 0.205. The van der Waals surface area contributed by atoms with E-state index in [2.05, 4.69) is 27.6 Å². The van der Waals surface area contributed by atoms with Crippen LogP contribution in [0.4, 0.5) is 0 Å². The van der Waals surface area contributed by atoms with Gasteiger partial charge in [0.15, 0.2) is 17.2 Å². The van der Waals surface area contributed by atoms with Gasteiger partial charge in [0, 0.05) is 10.6 Å². The fraction of sp³-hybridized carbons (Fsp3) is 0.120. The molecule has 0 N–H and O–H groups in total. The molecule has 1 aliphatic heterocycles. The molecule has 1 aliphatic rings. The lowest BCUT2D eigenvalue weighted by atomic mass is 10.1. The van der Waals surface area contributed by atoms with E-state index < -0.39 is 5.97 Å². The van der Waals surface area contributed by atoms with E-state index in [0.29, 0.717) is 29.0 Å². The average Bonchev–Trinajstić information content (AvgIpc) is 3.13. The highest BCUT2D eigenvalue weighted by molar-refractivity contribution is 14.1. The van der Waals surface area contributed by atoms with Crippen LogP contribution >= 0.6 is 34.2 Å². The SMILES string of the molecule is COc1cc(/C=C2\N=C(c3ccccc3C)OC2=O)cc(I)c1OCc1cccc(Cl)c1. The number of carbonyl (C=O) groups is 1. The average molecular weight is 560 g/mol. The van der Waals surface area contributed by atoms with Gasteiger partial charge >= 0.3 is 5.97 Å². The van der Waals surface area contributed by atoms with Crippen LogP contribution in [0, 0.1) is 10.5 Å². The molecule has 32 heavy (non-hydrogen) atoms. The van der Waals surface area contributed by atoms with Crippen LogP contribution in [0.15, 0.2) is 71.4 Å². The first kappa shape index (κ1) is 22.4. The van der Waals surface area contributed by atoms with Gasteiger partial charge in [-0.15, -0.1) is 0 Å². The number of hydrogen-bond donors (Lipinski definition) is 0. The lowest BCUT2D eigenvalue weighted by Gasteiger charge is -2.14. The van der Waals surface area contributed by atoms with Gasteiger partial charge in [0.05, 0.1) is 10.7 Å². The predicted octanol–water partition coefficient (Wildman–Crippen LogP) is 6.19. The minimum Gasteiger partial charge on any atom is -0.493 e. The summed E-state index contributed by atoms with van der Waals surface area (Å²) in [6.45, 7) is 2.30. The number of carbonyl (C=O) groups excluding carboxylic acids is 1. The van der Waals surface area contributed by atoms with Crippen LogP contribution in [0.3, 0.4) is 0 Å². The zero-order valence-electron chi connectivity index (χ0n) is 17.4. The number of cyclic esters (lactones) is 1. The van der Waals surface area contributed by atoms with E-state index in [9.17, 15) is 4.79 Å². The van der Waals surface area contributed by atoms with Gasteiger partial charge in [-0.1, -0.05) is 41.9 Å². The maximum atomic E-state index is 12.4. The van der Waals surface area contributed by atoms with Crippen molar-refractivity contribution in [3.05, 3.63) is 97.2 Å². The number of benzene rings is 3. The standard InChI is InChI=1S/C25H19ClINO4/c1-15-6-3-4-9-19(15)24-28-21(25(29)32-24)12-17-11-20(27)23(22(13-17)30-2)31-14-16-7-5-8-18(26)10-16/h3-13H,14H2,1-2H3/b21-12-. The summed E-state index contributed by atoms with van der Waals surface area (Å²) in [5, 5.41) is 0.656. The smallest absolute Gasteiger partial charge is 0.363 e. The second-order valence-electron chi connectivity index (χ2n) is 7.10. The highest BCUT2D eigenvalue weighted by Crippen LogP contribution is 2.35. The van der Waals surface area contributed by atoms with E-state index in [1.54, 1.807) is 19.3 Å². The minimum absolute atomic E-state index is 0.230. The second kappa shape index (κ2) is 9.75. The number of nitrogens with zero attached hydrogens (tertiary/aromatic N) is 1. The summed E-state index contributed by atoms with van der Waals surface area (Å²) in [6, 6.07) is 18.8. The van der Waals surface area contributed by atoms with E-state index >= 15 is 0 Å². The number of aliphatic imine (C=N–C) groups is 1. The Kier molecular flexibility index (Phi) is 6.81. The van der Waals surface area contributed by atoms with Crippen molar-refractivity contribution in [3.8, 4) is 11.5 Å². The molecule has 0 aliphatic carbocycles. The Labute approximate surface area is 204 Å². The van der Waals surface area contributed by atoms with Gasteiger partial charge in [-0.25, -0.2) is 9.79 Å². The van der Waals surface area contributed by atoms with Crippen molar-refractivity contribution in [2.45, 2.75) is 13.5 Å². The van der Waals surface area contributed by atoms with E-state index in [0.717, 1.165) is 25.8 Å². The van der Waals surface area contributed by atoms with Crippen molar-refractivity contribution >= 4 is 52.1 Å². The first-order chi connectivity index (χ1) is 15.4. The largest absolute Gasteiger partial charge is 0.493 e. The molecule has 7 heteroatoms. The summed E-state index contributed by atoms with van der Waals surface area (Å²) in [7, 11) is 1.58. The molecule has 0 radical (unpaired) electrons. The van der Waals surface area contributed by atoms with E-state index in [1.807, 2.05) is 61.5 Å². The predicted molar refractivity (Wildman–Crippen MR) is 133 cm³/mol. The Bertz CT molecular complexity index is 1250. The molecule has 0 amide bonds. The Morgan fingerprint density at radius 2 is 1.94 bits per heavy atom. The maximum Gasteiger partial charge on any atom is 0.363 e. The molecule has 3 aromatic carbocycles. The molecule has 0 unspecified atom stereocenters. The summed E-state index contributed by atoms with van der Waals surface area (Å²) in [5.74, 6) is 0.995. The number of rotatable bonds is 6. The third kappa shape index (κ3) is 4.97. The van der Waals surface area contributed by atoms with Gasteiger partial charge in [-0.3, -0.25) is 0 Å². The lowest BCUT2D eigenvalue weighted by Crippen LogP contribution is -2.06. The van der Waals surface area contributed by atoms with Crippen molar-refractivity contribution in [3.63, 3.8) is 0 Å². The minimum atomic E-state index is -0.487. The fourth-order valence-electron chi connectivity index (χ4n) is 3.24. The number of halogens is 2. The highest BCUT2D eigenvalue weighted by Gasteiger charge is 2.25. The third-order valence-electron chi connectivity index (χ3n) is 4.82. The molecule has 5 nitrogen and oxygen atoms in total.